The number of carboxylic acids is 1. The van der Waals surface area contributed by atoms with Gasteiger partial charge in [-0.2, -0.15) is 4.31 Å². The van der Waals surface area contributed by atoms with Crippen LogP contribution in [0.3, 0.4) is 0 Å². The van der Waals surface area contributed by atoms with Crippen LogP contribution in [0, 0.1) is 13.8 Å². The molecular formula is C15H21NO4S. The van der Waals surface area contributed by atoms with E-state index >= 15 is 0 Å². The zero-order valence-corrected chi connectivity index (χ0v) is 13.2. The molecule has 2 rings (SSSR count). The summed E-state index contributed by atoms with van der Waals surface area (Å²) in [7, 11) is -3.64. The van der Waals surface area contributed by atoms with E-state index in [2.05, 4.69) is 0 Å². The molecule has 5 nitrogen and oxygen atoms in total. The molecule has 1 aliphatic rings. The first-order valence-corrected chi connectivity index (χ1v) is 8.57. The van der Waals surface area contributed by atoms with E-state index in [0.29, 0.717) is 23.4 Å². The summed E-state index contributed by atoms with van der Waals surface area (Å²) >= 11 is 0. The van der Waals surface area contributed by atoms with Crippen LogP contribution in [0.1, 0.15) is 36.8 Å². The van der Waals surface area contributed by atoms with E-state index in [1.54, 1.807) is 19.1 Å². The van der Waals surface area contributed by atoms with Crippen LogP contribution in [0.15, 0.2) is 23.1 Å². The first-order chi connectivity index (χ1) is 9.82. The van der Waals surface area contributed by atoms with E-state index in [1.807, 2.05) is 13.0 Å². The van der Waals surface area contributed by atoms with Gasteiger partial charge >= 0.3 is 5.97 Å². The second-order valence-corrected chi connectivity index (χ2v) is 7.49. The number of aliphatic carboxylic acids is 1. The number of aryl methyl sites for hydroxylation is 2. The molecule has 0 radical (unpaired) electrons. The van der Waals surface area contributed by atoms with Crippen molar-refractivity contribution < 1.29 is 18.3 Å². The summed E-state index contributed by atoms with van der Waals surface area (Å²) in [6.07, 6.45) is 2.12. The summed E-state index contributed by atoms with van der Waals surface area (Å²) in [5.74, 6) is -0.955. The van der Waals surface area contributed by atoms with E-state index in [9.17, 15) is 13.2 Å². The number of rotatable bonds is 4. The molecular weight excluding hydrogens is 290 g/mol. The van der Waals surface area contributed by atoms with Crippen molar-refractivity contribution in [3.8, 4) is 0 Å². The molecule has 0 bridgehead atoms. The van der Waals surface area contributed by atoms with Crippen molar-refractivity contribution >= 4 is 16.0 Å². The van der Waals surface area contributed by atoms with Crippen LogP contribution in [0.4, 0.5) is 0 Å². The van der Waals surface area contributed by atoms with Crippen LogP contribution in [0.2, 0.25) is 0 Å². The number of sulfonamides is 1. The maximum Gasteiger partial charge on any atom is 0.304 e. The van der Waals surface area contributed by atoms with Gasteiger partial charge in [0.25, 0.3) is 0 Å². The lowest BCUT2D eigenvalue weighted by Gasteiger charge is -2.34. The Bertz CT molecular complexity index is 639. The van der Waals surface area contributed by atoms with E-state index in [-0.39, 0.29) is 6.42 Å². The van der Waals surface area contributed by atoms with Crippen LogP contribution in [-0.4, -0.2) is 36.4 Å². The van der Waals surface area contributed by atoms with Gasteiger partial charge in [0.05, 0.1) is 11.3 Å². The first-order valence-electron chi connectivity index (χ1n) is 7.13. The second kappa shape index (κ2) is 6.15. The van der Waals surface area contributed by atoms with Crippen LogP contribution in [-0.2, 0) is 14.8 Å². The summed E-state index contributed by atoms with van der Waals surface area (Å²) in [6.45, 7) is 4.01. The van der Waals surface area contributed by atoms with Gasteiger partial charge < -0.3 is 5.11 Å². The molecule has 0 spiro atoms. The molecule has 0 aromatic heterocycles. The fourth-order valence-electron chi connectivity index (χ4n) is 2.81. The van der Waals surface area contributed by atoms with Crippen LogP contribution in [0.5, 0.6) is 0 Å². The SMILES string of the molecule is Cc1ccc(C)c(S(=O)(=O)N2CCCCC2CC(=O)O)c1. The van der Waals surface area contributed by atoms with E-state index < -0.39 is 22.0 Å². The van der Waals surface area contributed by atoms with E-state index in [4.69, 9.17) is 5.11 Å². The van der Waals surface area contributed by atoms with E-state index in [0.717, 1.165) is 18.4 Å². The fraction of sp³-hybridized carbons (Fsp3) is 0.533. The van der Waals surface area contributed by atoms with Crippen molar-refractivity contribution in [1.82, 2.24) is 4.31 Å². The number of carbonyl (C=O) groups is 1. The van der Waals surface area contributed by atoms with Crippen LogP contribution in [0.25, 0.3) is 0 Å². The standard InChI is InChI=1S/C15H21NO4S/c1-11-6-7-12(2)14(9-11)21(19,20)16-8-4-3-5-13(16)10-15(17)18/h6-7,9,13H,3-5,8,10H2,1-2H3,(H,17,18). The Morgan fingerprint density at radius 2 is 2.05 bits per heavy atom. The lowest BCUT2D eigenvalue weighted by Crippen LogP contribution is -2.44. The number of piperidine rings is 1. The van der Waals surface area contributed by atoms with Crippen LogP contribution >= 0.6 is 0 Å². The molecule has 1 aliphatic heterocycles. The summed E-state index contributed by atoms with van der Waals surface area (Å²) in [4.78, 5) is 11.3. The molecule has 1 heterocycles. The average Bonchev–Trinajstić information content (AvgIpc) is 2.41. The van der Waals surface area contributed by atoms with Crippen molar-refractivity contribution in [2.24, 2.45) is 0 Å². The summed E-state index contributed by atoms with van der Waals surface area (Å²) in [5.41, 5.74) is 1.58. The van der Waals surface area contributed by atoms with Gasteiger partial charge in [0, 0.05) is 12.6 Å². The second-order valence-electron chi connectivity index (χ2n) is 5.63. The van der Waals surface area contributed by atoms with Gasteiger partial charge in [-0.1, -0.05) is 18.6 Å². The van der Waals surface area contributed by atoms with Gasteiger partial charge in [-0.3, -0.25) is 4.79 Å². The predicted octanol–water partition coefficient (Wildman–Crippen LogP) is 2.32. The highest BCUT2D eigenvalue weighted by Crippen LogP contribution is 2.29. The Morgan fingerprint density at radius 1 is 1.33 bits per heavy atom. The third-order valence-corrected chi connectivity index (χ3v) is 6.01. The number of hydrogen-bond donors (Lipinski definition) is 1. The van der Waals surface area contributed by atoms with Gasteiger partial charge in [0.15, 0.2) is 0 Å². The average molecular weight is 311 g/mol. The van der Waals surface area contributed by atoms with Gasteiger partial charge in [0.1, 0.15) is 0 Å². The van der Waals surface area contributed by atoms with Crippen molar-refractivity contribution in [2.75, 3.05) is 6.54 Å². The molecule has 0 saturated carbocycles. The van der Waals surface area contributed by atoms with Gasteiger partial charge in [0.2, 0.25) is 10.0 Å². The monoisotopic (exact) mass is 311 g/mol. The van der Waals surface area contributed by atoms with Gasteiger partial charge in [-0.15, -0.1) is 0 Å². The number of nitrogens with zero attached hydrogens (tertiary/aromatic N) is 1. The lowest BCUT2D eigenvalue weighted by molar-refractivity contribution is -0.138. The molecule has 0 amide bonds. The highest BCUT2D eigenvalue weighted by molar-refractivity contribution is 7.89. The van der Waals surface area contributed by atoms with Crippen molar-refractivity contribution in [2.45, 2.75) is 50.5 Å². The molecule has 0 aliphatic carbocycles. The maximum atomic E-state index is 12.9. The number of carboxylic acid groups (broad SMARTS) is 1. The number of hydrogen-bond acceptors (Lipinski definition) is 3. The zero-order chi connectivity index (χ0) is 15.6. The Balaban J connectivity index is 2.40. The van der Waals surface area contributed by atoms with Crippen LogP contribution < -0.4 is 0 Å². The highest BCUT2D eigenvalue weighted by Gasteiger charge is 2.35. The largest absolute Gasteiger partial charge is 0.481 e. The minimum absolute atomic E-state index is 0.135. The van der Waals surface area contributed by atoms with Gasteiger partial charge in [-0.05, 0) is 43.9 Å². The minimum Gasteiger partial charge on any atom is -0.481 e. The minimum atomic E-state index is -3.64. The molecule has 116 valence electrons. The Hall–Kier alpha value is -1.40. The molecule has 1 atom stereocenters. The number of benzene rings is 1. The van der Waals surface area contributed by atoms with Gasteiger partial charge in [-0.25, -0.2) is 8.42 Å². The Kier molecular flexibility index (Phi) is 4.68. The third-order valence-electron chi connectivity index (χ3n) is 3.91. The quantitative estimate of drug-likeness (QED) is 0.926. The Morgan fingerprint density at radius 3 is 2.71 bits per heavy atom. The van der Waals surface area contributed by atoms with Crippen molar-refractivity contribution in [3.05, 3.63) is 29.3 Å². The molecule has 1 N–H and O–H groups in total. The normalized spacial score (nSPS) is 20.4. The highest BCUT2D eigenvalue weighted by atomic mass is 32.2. The maximum absolute atomic E-state index is 12.9. The first kappa shape index (κ1) is 16.0. The molecule has 1 fully saturated rings. The fourth-order valence-corrected chi connectivity index (χ4v) is 4.81. The molecule has 6 heteroatoms. The Labute approximate surface area is 125 Å². The molecule has 1 aromatic carbocycles. The molecule has 1 saturated heterocycles. The summed E-state index contributed by atoms with van der Waals surface area (Å²) in [6, 6.07) is 4.88. The molecule has 1 unspecified atom stereocenters. The topological polar surface area (TPSA) is 74.7 Å². The van der Waals surface area contributed by atoms with Crippen molar-refractivity contribution in [3.63, 3.8) is 0 Å². The third kappa shape index (κ3) is 3.44. The zero-order valence-electron chi connectivity index (χ0n) is 12.4. The summed E-state index contributed by atoms with van der Waals surface area (Å²) in [5, 5.41) is 9.00. The smallest absolute Gasteiger partial charge is 0.304 e. The lowest BCUT2D eigenvalue weighted by atomic mass is 10.0. The molecule has 1 aromatic rings. The van der Waals surface area contributed by atoms with Crippen molar-refractivity contribution in [1.29, 1.82) is 0 Å². The summed E-state index contributed by atoms with van der Waals surface area (Å²) < 4.78 is 27.2. The predicted molar refractivity (Wildman–Crippen MR) is 79.7 cm³/mol. The molecule has 21 heavy (non-hydrogen) atoms. The van der Waals surface area contributed by atoms with E-state index in [1.165, 1.54) is 4.31 Å².